The number of thioether (sulfide) groups is 1. The van der Waals surface area contributed by atoms with E-state index in [0.717, 1.165) is 18.5 Å². The molecule has 2 rings (SSSR count). The van der Waals surface area contributed by atoms with Crippen LogP contribution in [0.1, 0.15) is 12.8 Å². The van der Waals surface area contributed by atoms with Crippen molar-refractivity contribution >= 4 is 35.8 Å². The minimum Gasteiger partial charge on any atom is -0.364 e. The van der Waals surface area contributed by atoms with Crippen LogP contribution in [0.15, 0.2) is 29.2 Å². The quantitative estimate of drug-likeness (QED) is 0.838. The van der Waals surface area contributed by atoms with E-state index >= 15 is 0 Å². The molecule has 0 unspecified atom stereocenters. The Kier molecular flexibility index (Phi) is 6.65. The van der Waals surface area contributed by atoms with Gasteiger partial charge in [-0.25, -0.2) is 0 Å². The zero-order valence-electron chi connectivity index (χ0n) is 10.8. The average molecular weight is 303 g/mol. The van der Waals surface area contributed by atoms with Crippen LogP contribution >= 0.6 is 24.2 Å². The minimum absolute atomic E-state index is 0. The van der Waals surface area contributed by atoms with Gasteiger partial charge in [0.05, 0.1) is 6.10 Å². The Morgan fingerprint density at radius 2 is 2.11 bits per heavy atom. The smallest absolute Gasteiger partial charge is 0.253 e. The van der Waals surface area contributed by atoms with Crippen molar-refractivity contribution in [2.75, 3.05) is 18.1 Å². The van der Waals surface area contributed by atoms with Gasteiger partial charge in [-0.2, -0.15) is 0 Å². The lowest BCUT2D eigenvalue weighted by Gasteiger charge is -2.12. The zero-order valence-corrected chi connectivity index (χ0v) is 12.4. The number of nitrogens with one attached hydrogen (secondary N) is 1. The number of ether oxygens (including phenoxy) is 1. The largest absolute Gasteiger partial charge is 0.364 e. The second kappa shape index (κ2) is 7.75. The maximum atomic E-state index is 11.9. The number of hydrogen-bond acceptors (Lipinski definition) is 4. The van der Waals surface area contributed by atoms with Crippen molar-refractivity contribution in [2.24, 2.45) is 5.73 Å². The predicted molar refractivity (Wildman–Crippen MR) is 81.1 cm³/mol. The number of hydrogen-bond donors (Lipinski definition) is 2. The van der Waals surface area contributed by atoms with Crippen LogP contribution < -0.4 is 11.1 Å². The van der Waals surface area contributed by atoms with Crippen LogP contribution in [0.25, 0.3) is 0 Å². The summed E-state index contributed by atoms with van der Waals surface area (Å²) in [7, 11) is 0. The SMILES string of the molecule is CSc1ccc(NC(=O)[C@@H]2CC[C@H](CN)O2)cc1.Cl. The van der Waals surface area contributed by atoms with E-state index < -0.39 is 0 Å². The van der Waals surface area contributed by atoms with E-state index in [9.17, 15) is 4.79 Å². The number of nitrogens with two attached hydrogens (primary N) is 1. The van der Waals surface area contributed by atoms with E-state index in [1.165, 1.54) is 4.90 Å². The van der Waals surface area contributed by atoms with Gasteiger partial charge in [-0.1, -0.05) is 0 Å². The molecule has 0 bridgehead atoms. The molecule has 0 spiro atoms. The predicted octanol–water partition coefficient (Wildman–Crippen LogP) is 2.28. The molecule has 2 atom stereocenters. The fraction of sp³-hybridized carbons (Fsp3) is 0.462. The van der Waals surface area contributed by atoms with Crippen molar-refractivity contribution in [3.63, 3.8) is 0 Å². The maximum Gasteiger partial charge on any atom is 0.253 e. The number of anilines is 1. The molecule has 0 saturated carbocycles. The van der Waals surface area contributed by atoms with Gasteiger partial charge in [0.2, 0.25) is 0 Å². The highest BCUT2D eigenvalue weighted by molar-refractivity contribution is 7.98. The summed E-state index contributed by atoms with van der Waals surface area (Å²) in [6.45, 7) is 0.478. The molecule has 1 amide bonds. The summed E-state index contributed by atoms with van der Waals surface area (Å²) in [5.41, 5.74) is 6.33. The van der Waals surface area contributed by atoms with Crippen molar-refractivity contribution < 1.29 is 9.53 Å². The van der Waals surface area contributed by atoms with Gasteiger partial charge >= 0.3 is 0 Å². The third-order valence-corrected chi connectivity index (χ3v) is 3.76. The number of carbonyl (C=O) groups excluding carboxylic acids is 1. The first-order chi connectivity index (χ1) is 8.72. The van der Waals surface area contributed by atoms with Gasteiger partial charge in [-0.15, -0.1) is 24.2 Å². The third kappa shape index (κ3) is 4.38. The van der Waals surface area contributed by atoms with Gasteiger partial charge in [0, 0.05) is 17.1 Å². The first-order valence-electron chi connectivity index (χ1n) is 6.03. The third-order valence-electron chi connectivity index (χ3n) is 3.02. The number of amides is 1. The van der Waals surface area contributed by atoms with Crippen molar-refractivity contribution in [1.29, 1.82) is 0 Å². The molecule has 1 aliphatic rings. The van der Waals surface area contributed by atoms with Gasteiger partial charge in [0.25, 0.3) is 5.91 Å². The zero-order chi connectivity index (χ0) is 13.0. The van der Waals surface area contributed by atoms with E-state index in [4.69, 9.17) is 10.5 Å². The van der Waals surface area contributed by atoms with Crippen LogP contribution in [0.4, 0.5) is 5.69 Å². The number of rotatable bonds is 4. The van der Waals surface area contributed by atoms with Crippen molar-refractivity contribution in [1.82, 2.24) is 0 Å². The number of benzene rings is 1. The van der Waals surface area contributed by atoms with Crippen LogP contribution in [-0.2, 0) is 9.53 Å². The molecule has 19 heavy (non-hydrogen) atoms. The average Bonchev–Trinajstić information content (AvgIpc) is 2.88. The molecule has 0 aromatic heterocycles. The van der Waals surface area contributed by atoms with E-state index in [1.807, 2.05) is 30.5 Å². The Morgan fingerprint density at radius 3 is 2.63 bits per heavy atom. The standard InChI is InChI=1S/C13H18N2O2S.ClH/c1-18-11-5-2-9(3-6-11)15-13(16)12-7-4-10(8-14)17-12;/h2-3,5-6,10,12H,4,7-8,14H2,1H3,(H,15,16);1H/t10-,12+;/m1./s1. The monoisotopic (exact) mass is 302 g/mol. The summed E-state index contributed by atoms with van der Waals surface area (Å²) in [4.78, 5) is 13.1. The van der Waals surface area contributed by atoms with Gasteiger partial charge in [0.1, 0.15) is 6.10 Å². The molecule has 0 radical (unpaired) electrons. The highest BCUT2D eigenvalue weighted by Crippen LogP contribution is 2.21. The van der Waals surface area contributed by atoms with Crippen LogP contribution in [0.3, 0.4) is 0 Å². The first-order valence-corrected chi connectivity index (χ1v) is 7.26. The lowest BCUT2D eigenvalue weighted by Crippen LogP contribution is -2.29. The maximum absolute atomic E-state index is 11.9. The number of carbonyl (C=O) groups is 1. The molecule has 1 fully saturated rings. The van der Waals surface area contributed by atoms with Crippen LogP contribution in [0.5, 0.6) is 0 Å². The summed E-state index contributed by atoms with van der Waals surface area (Å²) >= 11 is 1.67. The molecule has 1 aliphatic heterocycles. The Bertz CT molecular complexity index is 414. The Balaban J connectivity index is 0.00000180. The highest BCUT2D eigenvalue weighted by atomic mass is 35.5. The van der Waals surface area contributed by atoms with Crippen LogP contribution in [0.2, 0.25) is 0 Å². The lowest BCUT2D eigenvalue weighted by molar-refractivity contribution is -0.126. The van der Waals surface area contributed by atoms with E-state index in [0.29, 0.717) is 6.54 Å². The molecular weight excluding hydrogens is 284 g/mol. The fourth-order valence-corrected chi connectivity index (χ4v) is 2.38. The van der Waals surface area contributed by atoms with E-state index in [1.54, 1.807) is 11.8 Å². The molecule has 1 aromatic rings. The fourth-order valence-electron chi connectivity index (χ4n) is 1.97. The summed E-state index contributed by atoms with van der Waals surface area (Å²) in [6, 6.07) is 7.77. The minimum atomic E-state index is -0.362. The first kappa shape index (κ1) is 16.3. The summed E-state index contributed by atoms with van der Waals surface area (Å²) in [5.74, 6) is -0.0807. The van der Waals surface area contributed by atoms with Crippen LogP contribution in [-0.4, -0.2) is 30.9 Å². The Labute approximate surface area is 123 Å². The van der Waals surface area contributed by atoms with Crippen LogP contribution in [0, 0.1) is 0 Å². The Morgan fingerprint density at radius 1 is 1.42 bits per heavy atom. The van der Waals surface area contributed by atoms with Gasteiger partial charge in [-0.05, 0) is 43.4 Å². The summed E-state index contributed by atoms with van der Waals surface area (Å²) < 4.78 is 5.55. The highest BCUT2D eigenvalue weighted by Gasteiger charge is 2.29. The lowest BCUT2D eigenvalue weighted by atomic mass is 10.2. The van der Waals surface area contributed by atoms with Gasteiger partial charge in [-0.3, -0.25) is 4.79 Å². The molecular formula is C13H19ClN2O2S. The molecule has 1 saturated heterocycles. The second-order valence-corrected chi connectivity index (χ2v) is 5.16. The van der Waals surface area contributed by atoms with Gasteiger partial charge in [0.15, 0.2) is 0 Å². The van der Waals surface area contributed by atoms with Crippen molar-refractivity contribution in [2.45, 2.75) is 29.9 Å². The molecule has 1 aromatic carbocycles. The Hall–Kier alpha value is -0.750. The molecule has 106 valence electrons. The summed E-state index contributed by atoms with van der Waals surface area (Å²) in [5, 5.41) is 2.87. The second-order valence-electron chi connectivity index (χ2n) is 4.28. The molecule has 3 N–H and O–H groups in total. The molecule has 1 heterocycles. The van der Waals surface area contributed by atoms with E-state index in [2.05, 4.69) is 5.32 Å². The van der Waals surface area contributed by atoms with Gasteiger partial charge < -0.3 is 15.8 Å². The molecule has 4 nitrogen and oxygen atoms in total. The number of halogens is 1. The normalized spacial score (nSPS) is 21.8. The molecule has 0 aliphatic carbocycles. The summed E-state index contributed by atoms with van der Waals surface area (Å²) in [6.07, 6.45) is 3.29. The van der Waals surface area contributed by atoms with E-state index in [-0.39, 0.29) is 30.5 Å². The molecule has 6 heteroatoms. The van der Waals surface area contributed by atoms with Crippen molar-refractivity contribution in [3.8, 4) is 0 Å². The topological polar surface area (TPSA) is 64.4 Å². The van der Waals surface area contributed by atoms with Crippen molar-refractivity contribution in [3.05, 3.63) is 24.3 Å².